The molecule has 69 heavy (non-hydrogen) atoms. The molecular formula is C45H47N5O18S. The van der Waals surface area contributed by atoms with Crippen molar-refractivity contribution in [3.8, 4) is 17.2 Å². The van der Waals surface area contributed by atoms with Gasteiger partial charge in [-0.1, -0.05) is 42.5 Å². The van der Waals surface area contributed by atoms with Crippen LogP contribution in [0.3, 0.4) is 0 Å². The highest BCUT2D eigenvalue weighted by Crippen LogP contribution is 2.51. The molecule has 0 saturated carbocycles. The van der Waals surface area contributed by atoms with E-state index in [0.717, 1.165) is 25.9 Å². The molecule has 3 heterocycles. The summed E-state index contributed by atoms with van der Waals surface area (Å²) in [5, 5.41) is 14.5. The van der Waals surface area contributed by atoms with Crippen LogP contribution >= 0.6 is 11.8 Å². The van der Waals surface area contributed by atoms with E-state index < -0.39 is 105 Å². The summed E-state index contributed by atoms with van der Waals surface area (Å²) in [5.74, 6) is -6.28. The summed E-state index contributed by atoms with van der Waals surface area (Å²) in [5.41, 5.74) is -1.08. The van der Waals surface area contributed by atoms with Crippen LogP contribution in [0.15, 0.2) is 80.7 Å². The van der Waals surface area contributed by atoms with Crippen LogP contribution in [-0.4, -0.2) is 124 Å². The van der Waals surface area contributed by atoms with Gasteiger partial charge in [0.2, 0.25) is 17.7 Å². The van der Waals surface area contributed by atoms with Crippen molar-refractivity contribution in [2.45, 2.75) is 80.9 Å². The van der Waals surface area contributed by atoms with E-state index in [9.17, 15) is 53.1 Å². The van der Waals surface area contributed by atoms with E-state index in [1.165, 1.54) is 58.0 Å². The Kier molecular flexibility index (Phi) is 15.7. The maximum Gasteiger partial charge on any atom is 0.513 e. The molecule has 0 radical (unpaired) electrons. The van der Waals surface area contributed by atoms with Gasteiger partial charge in [0.1, 0.15) is 23.5 Å². The summed E-state index contributed by atoms with van der Waals surface area (Å²) in [4.78, 5) is 133. The fourth-order valence-electron chi connectivity index (χ4n) is 7.82. The second kappa shape index (κ2) is 21.4. The van der Waals surface area contributed by atoms with Crippen molar-refractivity contribution < 1.29 is 76.3 Å². The second-order valence-corrected chi connectivity index (χ2v) is 17.8. The van der Waals surface area contributed by atoms with E-state index >= 15 is 0 Å². The zero-order valence-corrected chi connectivity index (χ0v) is 38.7. The molecule has 5 unspecified atom stereocenters. The summed E-state index contributed by atoms with van der Waals surface area (Å²) in [6, 6.07) is 11.7. The highest BCUT2D eigenvalue weighted by atomic mass is 32.2. The van der Waals surface area contributed by atoms with Crippen LogP contribution in [0.5, 0.6) is 17.2 Å². The zero-order chi connectivity index (χ0) is 50.3. The van der Waals surface area contributed by atoms with Gasteiger partial charge in [-0.15, -0.1) is 11.8 Å². The van der Waals surface area contributed by atoms with Crippen molar-refractivity contribution in [1.82, 2.24) is 25.0 Å². The summed E-state index contributed by atoms with van der Waals surface area (Å²) in [7, 11) is 3.09. The normalized spacial score (nSPS) is 17.5. The molecular weight excluding hydrogens is 931 g/mol. The van der Waals surface area contributed by atoms with E-state index in [2.05, 4.69) is 24.8 Å². The largest absolute Gasteiger partial charge is 0.513 e. The number of amides is 4. The molecule has 4 aromatic rings. The van der Waals surface area contributed by atoms with E-state index in [1.807, 2.05) is 0 Å². The lowest BCUT2D eigenvalue weighted by Crippen LogP contribution is -2.71. The molecule has 0 spiro atoms. The standard InChI is InChI=1S/C45H47N5O18S/c1-23(19-20-29(51)46-30(24-13-8-7-9-14-24)35(52)47-31-38(55)50-34(40(56)57)45(2,3)69-39(31)50)48(36(53)26-16-11-18-28(66-43(60)63-5)33(26)68-44(61)64-6)21-12-22-49-37(54)25-15-10-17-27(65-42(59)62-4)32(25)67-41(49)58/h7-11,13-18,23,30-31,34,39H,12,19-22H2,1-6H3,(H,46,51)(H,47,52)(H,56,57). The Bertz CT molecular complexity index is 2790. The molecule has 5 atom stereocenters. The molecule has 2 fully saturated rings. The number of β-lactam (4-membered cyclic amide) rings is 1. The molecule has 24 heteroatoms. The van der Waals surface area contributed by atoms with E-state index in [1.54, 1.807) is 51.1 Å². The van der Waals surface area contributed by atoms with Gasteiger partial charge in [-0.25, -0.2) is 28.5 Å². The SMILES string of the molecule is COC(=O)Oc1cccc(C(=O)N(CCCn2c(=O)oc3c(OC(=O)OC)cccc3c2=O)C(C)CCC(=O)NC(C(=O)NC2C(=O)N3C2SC(C)(C)C3C(=O)O)c2ccccc2)c1OC(=O)OC. The van der Waals surface area contributed by atoms with Gasteiger partial charge in [0.15, 0.2) is 22.8 Å². The number of nitrogens with zero attached hydrogens (tertiary/aromatic N) is 3. The molecule has 6 rings (SSSR count). The lowest BCUT2D eigenvalue weighted by Gasteiger charge is -2.44. The Morgan fingerprint density at radius 1 is 0.841 bits per heavy atom. The van der Waals surface area contributed by atoms with Crippen molar-refractivity contribution in [2.75, 3.05) is 27.9 Å². The number of thioether (sulfide) groups is 1. The number of aliphatic carboxylic acids is 1. The predicted octanol–water partition coefficient (Wildman–Crippen LogP) is 3.58. The molecule has 2 aliphatic rings. The average molecular weight is 978 g/mol. The van der Waals surface area contributed by atoms with Crippen molar-refractivity contribution >= 4 is 70.8 Å². The maximum absolute atomic E-state index is 14.6. The van der Waals surface area contributed by atoms with Crippen LogP contribution in [-0.2, 0) is 39.9 Å². The van der Waals surface area contributed by atoms with Crippen LogP contribution in [0.25, 0.3) is 11.0 Å². The van der Waals surface area contributed by atoms with Gasteiger partial charge in [0.25, 0.3) is 11.5 Å². The van der Waals surface area contributed by atoms with Gasteiger partial charge < -0.3 is 58.4 Å². The van der Waals surface area contributed by atoms with Crippen molar-refractivity contribution in [3.63, 3.8) is 0 Å². The van der Waals surface area contributed by atoms with Crippen molar-refractivity contribution in [2.24, 2.45) is 0 Å². The lowest BCUT2D eigenvalue weighted by atomic mass is 9.95. The number of carbonyl (C=O) groups excluding carboxylic acids is 7. The second-order valence-electron chi connectivity index (χ2n) is 16.0. The Balaban J connectivity index is 1.24. The molecule has 4 amide bonds. The van der Waals surface area contributed by atoms with Crippen molar-refractivity contribution in [3.05, 3.63) is 98.8 Å². The van der Waals surface area contributed by atoms with Gasteiger partial charge in [-0.2, -0.15) is 0 Å². The van der Waals surface area contributed by atoms with E-state index in [0.29, 0.717) is 5.56 Å². The molecule has 0 bridgehead atoms. The molecule has 23 nitrogen and oxygen atoms in total. The number of para-hydroxylation sites is 2. The van der Waals surface area contributed by atoms with Crippen LogP contribution in [0.4, 0.5) is 14.4 Å². The van der Waals surface area contributed by atoms with E-state index in [-0.39, 0.29) is 54.6 Å². The molecule has 0 aliphatic carbocycles. The highest BCUT2D eigenvalue weighted by molar-refractivity contribution is 8.01. The number of fused-ring (bicyclic) bond motifs is 2. The fraction of sp³-hybridized carbons (Fsp3) is 0.378. The minimum absolute atomic E-state index is 0.0757. The van der Waals surface area contributed by atoms with Crippen LogP contribution in [0.2, 0.25) is 0 Å². The number of carboxylic acid groups (broad SMARTS) is 1. The number of methoxy groups -OCH3 is 3. The number of aromatic nitrogens is 1. The third kappa shape index (κ3) is 11.0. The van der Waals surface area contributed by atoms with Gasteiger partial charge in [-0.05, 0) is 63.4 Å². The van der Waals surface area contributed by atoms with Crippen LogP contribution in [0, 0.1) is 0 Å². The topological polar surface area (TPSA) is 295 Å². The summed E-state index contributed by atoms with van der Waals surface area (Å²) >= 11 is 1.24. The number of hydrogen-bond donors (Lipinski definition) is 3. The Hall–Kier alpha value is -7.89. The Morgan fingerprint density at radius 2 is 1.46 bits per heavy atom. The number of rotatable bonds is 17. The highest BCUT2D eigenvalue weighted by Gasteiger charge is 2.64. The summed E-state index contributed by atoms with van der Waals surface area (Å²) in [6.45, 7) is 4.43. The third-order valence-corrected chi connectivity index (χ3v) is 12.8. The lowest BCUT2D eigenvalue weighted by molar-refractivity contribution is -0.161. The molecule has 366 valence electrons. The van der Waals surface area contributed by atoms with Gasteiger partial charge in [0, 0.05) is 30.3 Å². The number of benzene rings is 3. The molecule has 3 N–H and O–H groups in total. The van der Waals surface area contributed by atoms with Gasteiger partial charge in [-0.3, -0.25) is 24.0 Å². The first kappa shape index (κ1) is 50.5. The number of nitrogens with one attached hydrogen (secondary N) is 2. The summed E-state index contributed by atoms with van der Waals surface area (Å²) < 4.78 is 34.4. The Labute approximate surface area is 395 Å². The first-order chi connectivity index (χ1) is 32.8. The van der Waals surface area contributed by atoms with Crippen LogP contribution < -0.4 is 36.2 Å². The molecule has 1 aromatic heterocycles. The van der Waals surface area contributed by atoms with Gasteiger partial charge in [0.05, 0.1) is 32.3 Å². The summed E-state index contributed by atoms with van der Waals surface area (Å²) in [6.07, 6.45) is -4.10. The maximum atomic E-state index is 14.6. The minimum Gasteiger partial charge on any atom is -0.480 e. The zero-order valence-electron chi connectivity index (χ0n) is 37.9. The van der Waals surface area contributed by atoms with E-state index in [4.69, 9.17) is 18.6 Å². The molecule has 2 saturated heterocycles. The average Bonchev–Trinajstić information content (AvgIpc) is 3.59. The number of carbonyl (C=O) groups is 8. The number of hydrogen-bond acceptors (Lipinski definition) is 18. The predicted molar refractivity (Wildman–Crippen MR) is 240 cm³/mol. The van der Waals surface area contributed by atoms with Crippen LogP contribution in [0.1, 0.15) is 62.0 Å². The first-order valence-corrected chi connectivity index (χ1v) is 21.9. The molecule has 2 aliphatic heterocycles. The molecule has 3 aromatic carbocycles. The quantitative estimate of drug-likeness (QED) is 0.0589. The number of ether oxygens (including phenoxy) is 6. The number of carboxylic acids is 1. The monoisotopic (exact) mass is 977 g/mol. The first-order valence-electron chi connectivity index (χ1n) is 21.1. The fourth-order valence-corrected chi connectivity index (χ4v) is 9.45. The minimum atomic E-state index is -1.31. The van der Waals surface area contributed by atoms with Crippen molar-refractivity contribution in [1.29, 1.82) is 0 Å². The van der Waals surface area contributed by atoms with Gasteiger partial charge >= 0.3 is 30.2 Å². The smallest absolute Gasteiger partial charge is 0.480 e. The third-order valence-electron chi connectivity index (χ3n) is 11.2. The Morgan fingerprint density at radius 3 is 2.12 bits per heavy atom.